The van der Waals surface area contributed by atoms with Gasteiger partial charge in [0.05, 0.1) is 5.56 Å². The fourth-order valence-corrected chi connectivity index (χ4v) is 4.40. The van der Waals surface area contributed by atoms with Gasteiger partial charge in [-0.05, 0) is 37.9 Å². The second-order valence-electron chi connectivity index (χ2n) is 6.25. The fourth-order valence-electron chi connectivity index (χ4n) is 3.45. The highest BCUT2D eigenvalue weighted by Crippen LogP contribution is 2.33. The summed E-state index contributed by atoms with van der Waals surface area (Å²) in [5.74, 6) is 0.231. The maximum absolute atomic E-state index is 13.1. The summed E-state index contributed by atoms with van der Waals surface area (Å²) in [6.07, 6.45) is 3.39. The second-order valence-corrected chi connectivity index (χ2v) is 7.87. The largest absolute Gasteiger partial charge is 0.331 e. The Morgan fingerprint density at radius 2 is 1.95 bits per heavy atom. The summed E-state index contributed by atoms with van der Waals surface area (Å²) in [5, 5.41) is 3.95. The van der Waals surface area contributed by atoms with Gasteiger partial charge in [-0.3, -0.25) is 4.79 Å². The molecule has 122 valence electrons. The summed E-state index contributed by atoms with van der Waals surface area (Å²) >= 11 is 1.78. The molecule has 2 aliphatic heterocycles. The Hall–Kier alpha value is -0.710. The molecule has 0 aliphatic carbocycles. The van der Waals surface area contributed by atoms with E-state index in [0.29, 0.717) is 17.3 Å². The molecule has 2 unspecified atom stereocenters. The van der Waals surface area contributed by atoms with Crippen LogP contribution in [0.15, 0.2) is 29.2 Å². The van der Waals surface area contributed by atoms with E-state index in [4.69, 9.17) is 0 Å². The number of benzene rings is 1. The number of nitrogens with zero attached hydrogens (tertiary/aromatic N) is 1. The molecule has 3 nitrogen and oxygen atoms in total. The first kappa shape index (κ1) is 17.6. The van der Waals surface area contributed by atoms with Gasteiger partial charge in [-0.1, -0.05) is 26.0 Å². The third-order valence-electron chi connectivity index (χ3n) is 4.37. The van der Waals surface area contributed by atoms with Crippen LogP contribution in [-0.2, 0) is 0 Å². The monoisotopic (exact) mass is 340 g/mol. The number of fused-ring (bicyclic) bond motifs is 2. The smallest absolute Gasteiger partial charge is 0.255 e. The predicted molar refractivity (Wildman–Crippen MR) is 95.1 cm³/mol. The van der Waals surface area contributed by atoms with Gasteiger partial charge in [0.15, 0.2) is 0 Å². The summed E-state index contributed by atoms with van der Waals surface area (Å²) in [7, 11) is 0. The Balaban J connectivity index is 0.00000176. The minimum Gasteiger partial charge on any atom is -0.331 e. The van der Waals surface area contributed by atoms with Crippen LogP contribution in [-0.4, -0.2) is 41.2 Å². The molecule has 0 saturated carbocycles. The quantitative estimate of drug-likeness (QED) is 0.854. The molecule has 0 aromatic heterocycles. The number of carbonyl (C=O) groups excluding carboxylic acids is 1. The van der Waals surface area contributed by atoms with Crippen LogP contribution >= 0.6 is 24.2 Å². The lowest BCUT2D eigenvalue weighted by Gasteiger charge is -2.28. The van der Waals surface area contributed by atoms with E-state index in [9.17, 15) is 4.79 Å². The van der Waals surface area contributed by atoms with Crippen molar-refractivity contribution >= 4 is 30.1 Å². The van der Waals surface area contributed by atoms with Crippen LogP contribution in [0.5, 0.6) is 0 Å². The molecule has 22 heavy (non-hydrogen) atoms. The number of thioether (sulfide) groups is 1. The summed E-state index contributed by atoms with van der Waals surface area (Å²) in [6.45, 7) is 6.33. The van der Waals surface area contributed by atoms with Crippen molar-refractivity contribution in [1.82, 2.24) is 10.2 Å². The second kappa shape index (κ2) is 7.71. The van der Waals surface area contributed by atoms with Crippen molar-refractivity contribution in [2.24, 2.45) is 0 Å². The highest BCUT2D eigenvalue weighted by Gasteiger charge is 2.38. The van der Waals surface area contributed by atoms with Crippen molar-refractivity contribution in [3.8, 4) is 0 Å². The van der Waals surface area contributed by atoms with Gasteiger partial charge in [-0.25, -0.2) is 0 Å². The van der Waals surface area contributed by atoms with E-state index in [2.05, 4.69) is 30.1 Å². The van der Waals surface area contributed by atoms with Gasteiger partial charge in [0.1, 0.15) is 0 Å². The van der Waals surface area contributed by atoms with Gasteiger partial charge in [-0.15, -0.1) is 24.2 Å². The van der Waals surface area contributed by atoms with E-state index < -0.39 is 0 Å². The summed E-state index contributed by atoms with van der Waals surface area (Å²) in [5.41, 5.74) is 0.884. The van der Waals surface area contributed by atoms with Gasteiger partial charge in [0, 0.05) is 28.8 Å². The fraction of sp³-hybridized carbons (Fsp3) is 0.588. The normalized spacial score (nSPS) is 24.0. The van der Waals surface area contributed by atoms with Crippen LogP contribution < -0.4 is 5.32 Å². The van der Waals surface area contributed by atoms with E-state index in [1.807, 2.05) is 18.2 Å². The Bertz CT molecular complexity index is 509. The Labute approximate surface area is 143 Å². The van der Waals surface area contributed by atoms with Gasteiger partial charge < -0.3 is 10.2 Å². The number of halogens is 1. The molecule has 2 aliphatic rings. The minimum atomic E-state index is 0. The molecular formula is C17H25ClN2OS. The first-order valence-electron chi connectivity index (χ1n) is 7.96. The number of hydrogen-bond donors (Lipinski definition) is 1. The van der Waals surface area contributed by atoms with Crippen LogP contribution in [0, 0.1) is 0 Å². The zero-order valence-electron chi connectivity index (χ0n) is 13.2. The van der Waals surface area contributed by atoms with E-state index in [0.717, 1.165) is 42.8 Å². The average Bonchev–Trinajstić information content (AvgIpc) is 2.71. The van der Waals surface area contributed by atoms with Crippen LogP contribution in [0.4, 0.5) is 0 Å². The van der Waals surface area contributed by atoms with Gasteiger partial charge in [0.25, 0.3) is 5.91 Å². The van der Waals surface area contributed by atoms with Crippen molar-refractivity contribution in [1.29, 1.82) is 0 Å². The van der Waals surface area contributed by atoms with E-state index >= 15 is 0 Å². The van der Waals surface area contributed by atoms with Gasteiger partial charge in [-0.2, -0.15) is 0 Å². The van der Waals surface area contributed by atoms with Crippen molar-refractivity contribution in [3.63, 3.8) is 0 Å². The average molecular weight is 341 g/mol. The molecule has 0 radical (unpaired) electrons. The number of hydrogen-bond acceptors (Lipinski definition) is 3. The summed E-state index contributed by atoms with van der Waals surface area (Å²) in [6, 6.07) is 8.88. The third-order valence-corrected chi connectivity index (χ3v) is 5.45. The first-order valence-corrected chi connectivity index (χ1v) is 8.84. The highest BCUT2D eigenvalue weighted by molar-refractivity contribution is 8.00. The van der Waals surface area contributed by atoms with Crippen LogP contribution in [0.25, 0.3) is 0 Å². The van der Waals surface area contributed by atoms with Crippen molar-refractivity contribution in [3.05, 3.63) is 29.8 Å². The third kappa shape index (κ3) is 3.61. The zero-order valence-corrected chi connectivity index (χ0v) is 14.9. The molecule has 1 N–H and O–H groups in total. The highest BCUT2D eigenvalue weighted by atomic mass is 35.5. The SMILES string of the molecule is CC(C)Sc1ccccc1C(=O)N1C2CCNCC1CC2.Cl. The number of nitrogens with one attached hydrogen (secondary N) is 1. The van der Waals surface area contributed by atoms with Crippen molar-refractivity contribution in [2.75, 3.05) is 13.1 Å². The lowest BCUT2D eigenvalue weighted by atomic mass is 10.1. The molecule has 3 rings (SSSR count). The lowest BCUT2D eigenvalue weighted by molar-refractivity contribution is 0.0676. The number of rotatable bonds is 3. The molecule has 1 amide bonds. The number of amides is 1. The van der Waals surface area contributed by atoms with Gasteiger partial charge >= 0.3 is 0 Å². The predicted octanol–water partition coefficient (Wildman–Crippen LogP) is 3.58. The molecular weight excluding hydrogens is 316 g/mol. The molecule has 2 heterocycles. The zero-order chi connectivity index (χ0) is 14.8. The molecule has 0 spiro atoms. The van der Waals surface area contributed by atoms with Crippen molar-refractivity contribution in [2.45, 2.75) is 55.3 Å². The maximum atomic E-state index is 13.1. The Morgan fingerprint density at radius 1 is 1.23 bits per heavy atom. The number of carbonyl (C=O) groups is 1. The molecule has 2 fully saturated rings. The molecule has 1 aromatic carbocycles. The molecule has 2 saturated heterocycles. The van der Waals surface area contributed by atoms with E-state index in [1.165, 1.54) is 0 Å². The molecule has 2 bridgehead atoms. The summed E-state index contributed by atoms with van der Waals surface area (Å²) in [4.78, 5) is 16.4. The van der Waals surface area contributed by atoms with Gasteiger partial charge in [0.2, 0.25) is 0 Å². The van der Waals surface area contributed by atoms with Crippen LogP contribution in [0.1, 0.15) is 43.5 Å². The van der Waals surface area contributed by atoms with Crippen LogP contribution in [0.3, 0.4) is 0 Å². The lowest BCUT2D eigenvalue weighted by Crippen LogP contribution is -2.42. The Kier molecular flexibility index (Phi) is 6.18. The topological polar surface area (TPSA) is 32.3 Å². The standard InChI is InChI=1S/C17H24N2OS.ClH/c1-12(2)21-16-6-4-3-5-15(16)17(20)19-13-7-8-14(19)11-18-10-9-13;/h3-6,12-14,18H,7-11H2,1-2H3;1H. The summed E-state index contributed by atoms with van der Waals surface area (Å²) < 4.78 is 0. The maximum Gasteiger partial charge on any atom is 0.255 e. The van der Waals surface area contributed by atoms with Crippen molar-refractivity contribution < 1.29 is 4.79 Å². The molecule has 5 heteroatoms. The first-order chi connectivity index (χ1) is 10.2. The van der Waals surface area contributed by atoms with E-state index in [-0.39, 0.29) is 18.3 Å². The van der Waals surface area contributed by atoms with Crippen LogP contribution in [0.2, 0.25) is 0 Å². The Morgan fingerprint density at radius 3 is 2.73 bits per heavy atom. The minimum absolute atomic E-state index is 0. The van der Waals surface area contributed by atoms with E-state index in [1.54, 1.807) is 11.8 Å². The molecule has 2 atom stereocenters. The molecule has 1 aromatic rings.